The Balaban J connectivity index is 2.15. The molecule has 2 aromatic rings. The fourth-order valence-electron chi connectivity index (χ4n) is 2.55. The Hall–Kier alpha value is -2.66. The second kappa shape index (κ2) is 8.84. The zero-order chi connectivity index (χ0) is 17.4. The lowest BCUT2D eigenvalue weighted by Crippen LogP contribution is -2.34. The van der Waals surface area contributed by atoms with Gasteiger partial charge in [0, 0.05) is 13.5 Å². The lowest BCUT2D eigenvalue weighted by molar-refractivity contribution is -0.138. The summed E-state index contributed by atoms with van der Waals surface area (Å²) in [6, 6.07) is 18.2. The molecule has 0 saturated carbocycles. The number of carbonyl (C=O) groups is 2. The van der Waals surface area contributed by atoms with E-state index in [1.807, 2.05) is 60.7 Å². The van der Waals surface area contributed by atoms with E-state index in [-0.39, 0.29) is 18.4 Å². The maximum atomic E-state index is 12.6. The van der Waals surface area contributed by atoms with Gasteiger partial charge in [0.05, 0.1) is 6.04 Å². The molecule has 5 heteroatoms. The summed E-state index contributed by atoms with van der Waals surface area (Å²) in [4.78, 5) is 23.5. The molecule has 5 nitrogen and oxygen atoms in total. The first kappa shape index (κ1) is 17.7. The highest BCUT2D eigenvalue weighted by atomic mass is 16.5. The summed E-state index contributed by atoms with van der Waals surface area (Å²) in [5.41, 5.74) is 1.62. The van der Waals surface area contributed by atoms with Crippen LogP contribution >= 0.6 is 0 Å². The summed E-state index contributed by atoms with van der Waals surface area (Å²) >= 11 is 0. The van der Waals surface area contributed by atoms with E-state index in [9.17, 15) is 9.59 Å². The second-order valence-electron chi connectivity index (χ2n) is 5.43. The molecule has 126 valence electrons. The predicted octanol–water partition coefficient (Wildman–Crippen LogP) is 3.10. The molecule has 0 fully saturated rings. The summed E-state index contributed by atoms with van der Waals surface area (Å²) < 4.78 is 5.33. The first-order valence-corrected chi connectivity index (χ1v) is 7.76. The molecule has 0 aliphatic heterocycles. The Morgan fingerprint density at radius 3 is 2.04 bits per heavy atom. The van der Waals surface area contributed by atoms with Crippen molar-refractivity contribution in [3.05, 3.63) is 71.8 Å². The fraction of sp³-hybridized carbons (Fsp3) is 0.263. The van der Waals surface area contributed by atoms with Crippen molar-refractivity contribution < 1.29 is 19.4 Å². The normalized spacial score (nSPS) is 13.0. The van der Waals surface area contributed by atoms with Crippen LogP contribution in [0, 0.1) is 0 Å². The molecular formula is C19H21NO4. The van der Waals surface area contributed by atoms with Crippen molar-refractivity contribution in [3.8, 4) is 0 Å². The zero-order valence-corrected chi connectivity index (χ0v) is 13.5. The van der Waals surface area contributed by atoms with E-state index in [1.54, 1.807) is 0 Å². The number of methoxy groups -OCH3 is 1. The van der Waals surface area contributed by atoms with Gasteiger partial charge in [-0.1, -0.05) is 60.7 Å². The minimum atomic E-state index is -0.892. The molecule has 1 unspecified atom stereocenters. The van der Waals surface area contributed by atoms with Gasteiger partial charge < -0.3 is 15.2 Å². The number of carboxylic acid groups (broad SMARTS) is 1. The van der Waals surface area contributed by atoms with Crippen molar-refractivity contribution in [2.24, 2.45) is 0 Å². The maximum absolute atomic E-state index is 12.6. The third kappa shape index (κ3) is 4.93. The van der Waals surface area contributed by atoms with Crippen molar-refractivity contribution in [3.63, 3.8) is 0 Å². The van der Waals surface area contributed by atoms with Gasteiger partial charge in [0.15, 0.2) is 6.10 Å². The summed E-state index contributed by atoms with van der Waals surface area (Å²) in [7, 11) is 1.48. The van der Waals surface area contributed by atoms with E-state index in [4.69, 9.17) is 9.84 Å². The van der Waals surface area contributed by atoms with Crippen LogP contribution < -0.4 is 5.32 Å². The van der Waals surface area contributed by atoms with E-state index < -0.39 is 12.1 Å². The van der Waals surface area contributed by atoms with Gasteiger partial charge in [0.2, 0.25) is 0 Å². The number of amides is 1. The molecule has 0 aliphatic rings. The van der Waals surface area contributed by atoms with Gasteiger partial charge in [0.1, 0.15) is 0 Å². The van der Waals surface area contributed by atoms with Gasteiger partial charge in [-0.25, -0.2) is 0 Å². The van der Waals surface area contributed by atoms with Gasteiger partial charge in [-0.3, -0.25) is 9.59 Å². The maximum Gasteiger partial charge on any atom is 0.303 e. The molecule has 2 atom stereocenters. The van der Waals surface area contributed by atoms with Crippen LogP contribution in [0.2, 0.25) is 0 Å². The summed E-state index contributed by atoms with van der Waals surface area (Å²) in [6.07, 6.45) is -0.443. The van der Waals surface area contributed by atoms with Gasteiger partial charge in [-0.05, 0) is 17.5 Å². The highest BCUT2D eigenvalue weighted by Crippen LogP contribution is 2.22. The molecule has 0 heterocycles. The van der Waals surface area contributed by atoms with Crippen LogP contribution in [0.15, 0.2) is 60.7 Å². The van der Waals surface area contributed by atoms with E-state index in [2.05, 4.69) is 5.32 Å². The number of carbonyl (C=O) groups excluding carboxylic acids is 1. The monoisotopic (exact) mass is 327 g/mol. The smallest absolute Gasteiger partial charge is 0.303 e. The number of rotatable bonds is 8. The molecule has 0 spiro atoms. The number of hydrogen-bond acceptors (Lipinski definition) is 3. The number of ether oxygens (including phenoxy) is 1. The molecule has 24 heavy (non-hydrogen) atoms. The SMILES string of the molecule is CO[C@@H](C(=O)NC(CCC(=O)O)c1ccccc1)c1ccccc1. The molecule has 2 rings (SSSR count). The average Bonchev–Trinajstić information content (AvgIpc) is 2.61. The zero-order valence-electron chi connectivity index (χ0n) is 13.5. The fourth-order valence-corrected chi connectivity index (χ4v) is 2.55. The molecule has 0 bridgehead atoms. The van der Waals surface area contributed by atoms with Crippen LogP contribution in [0.3, 0.4) is 0 Å². The summed E-state index contributed by atoms with van der Waals surface area (Å²) in [5, 5.41) is 11.9. The van der Waals surface area contributed by atoms with E-state index in [0.717, 1.165) is 11.1 Å². The van der Waals surface area contributed by atoms with E-state index in [0.29, 0.717) is 6.42 Å². The standard InChI is InChI=1S/C19H21NO4/c1-24-18(15-10-6-3-7-11-15)19(23)20-16(12-13-17(21)22)14-8-4-2-5-9-14/h2-11,16,18H,12-13H2,1H3,(H,20,23)(H,21,22)/t16?,18-/m1/s1. The number of hydrogen-bond donors (Lipinski definition) is 2. The van der Waals surface area contributed by atoms with Crippen LogP contribution in [-0.4, -0.2) is 24.1 Å². The van der Waals surface area contributed by atoms with Crippen molar-refractivity contribution in [2.45, 2.75) is 25.0 Å². The van der Waals surface area contributed by atoms with Gasteiger partial charge in [0.25, 0.3) is 5.91 Å². The largest absolute Gasteiger partial charge is 0.481 e. The van der Waals surface area contributed by atoms with Crippen LogP contribution in [-0.2, 0) is 14.3 Å². The Morgan fingerprint density at radius 1 is 1.00 bits per heavy atom. The third-order valence-corrected chi connectivity index (χ3v) is 3.74. The summed E-state index contributed by atoms with van der Waals surface area (Å²) in [6.45, 7) is 0. The van der Waals surface area contributed by atoms with Crippen molar-refractivity contribution in [2.75, 3.05) is 7.11 Å². The molecule has 0 saturated heterocycles. The third-order valence-electron chi connectivity index (χ3n) is 3.74. The van der Waals surface area contributed by atoms with Crippen LogP contribution in [0.5, 0.6) is 0 Å². The number of aliphatic carboxylic acids is 1. The predicted molar refractivity (Wildman–Crippen MR) is 90.4 cm³/mol. The first-order chi connectivity index (χ1) is 11.6. The number of benzene rings is 2. The highest BCUT2D eigenvalue weighted by Gasteiger charge is 2.23. The first-order valence-electron chi connectivity index (χ1n) is 7.76. The highest BCUT2D eigenvalue weighted by molar-refractivity contribution is 5.82. The Labute approximate surface area is 141 Å². The topological polar surface area (TPSA) is 75.6 Å². The van der Waals surface area contributed by atoms with Gasteiger partial charge in [-0.2, -0.15) is 0 Å². The Bertz CT molecular complexity index is 658. The van der Waals surface area contributed by atoms with Crippen molar-refractivity contribution in [1.29, 1.82) is 0 Å². The Morgan fingerprint density at radius 2 is 1.54 bits per heavy atom. The minimum Gasteiger partial charge on any atom is -0.481 e. The van der Waals surface area contributed by atoms with E-state index in [1.165, 1.54) is 7.11 Å². The molecule has 1 amide bonds. The van der Waals surface area contributed by atoms with Crippen LogP contribution in [0.4, 0.5) is 0 Å². The Kier molecular flexibility index (Phi) is 6.51. The summed E-state index contributed by atoms with van der Waals surface area (Å²) in [5.74, 6) is -1.18. The quantitative estimate of drug-likeness (QED) is 0.781. The molecule has 0 radical (unpaired) electrons. The van der Waals surface area contributed by atoms with Crippen LogP contribution in [0.25, 0.3) is 0 Å². The van der Waals surface area contributed by atoms with Crippen molar-refractivity contribution >= 4 is 11.9 Å². The van der Waals surface area contributed by atoms with Crippen LogP contribution in [0.1, 0.15) is 36.1 Å². The molecule has 0 aromatic heterocycles. The second-order valence-corrected chi connectivity index (χ2v) is 5.43. The lowest BCUT2D eigenvalue weighted by Gasteiger charge is -2.22. The minimum absolute atomic E-state index is 0.0250. The molecular weight excluding hydrogens is 306 g/mol. The van der Waals surface area contributed by atoms with Crippen molar-refractivity contribution in [1.82, 2.24) is 5.32 Å². The average molecular weight is 327 g/mol. The number of nitrogens with one attached hydrogen (secondary N) is 1. The molecule has 2 aromatic carbocycles. The molecule has 0 aliphatic carbocycles. The lowest BCUT2D eigenvalue weighted by atomic mass is 10.0. The van der Waals surface area contributed by atoms with Gasteiger partial charge >= 0.3 is 5.97 Å². The molecule has 2 N–H and O–H groups in total. The number of carboxylic acids is 1. The van der Waals surface area contributed by atoms with Gasteiger partial charge in [-0.15, -0.1) is 0 Å². The van der Waals surface area contributed by atoms with E-state index >= 15 is 0 Å².